The van der Waals surface area contributed by atoms with Crippen LogP contribution >= 0.6 is 12.2 Å². The van der Waals surface area contributed by atoms with Gasteiger partial charge in [0.2, 0.25) is 5.82 Å². The Kier molecular flexibility index (Phi) is 5.99. The first-order valence-corrected chi connectivity index (χ1v) is 10.5. The number of aromatic nitrogens is 2. The number of methoxy groups -OCH3 is 1. The number of ether oxygens (including phenoxy) is 1. The maximum atomic E-state index is 13.3. The van der Waals surface area contributed by atoms with Gasteiger partial charge in [-0.1, -0.05) is 24.2 Å². The van der Waals surface area contributed by atoms with Crippen LogP contribution in [0.25, 0.3) is 17.0 Å². The molecular weight excluding hydrogens is 415 g/mol. The summed E-state index contributed by atoms with van der Waals surface area (Å²) >= 11 is 5.65. The molecule has 160 valence electrons. The Labute approximate surface area is 185 Å². The van der Waals surface area contributed by atoms with E-state index in [4.69, 9.17) is 21.5 Å². The molecular formula is C23H23FN4O2S. The number of thiocarbonyl (C=S) groups is 1. The molecule has 1 atom stereocenters. The fourth-order valence-corrected chi connectivity index (χ4v) is 4.02. The molecule has 31 heavy (non-hydrogen) atoms. The van der Waals surface area contributed by atoms with Crippen molar-refractivity contribution < 1.29 is 13.7 Å². The number of hydrogen-bond donors (Lipinski definition) is 1. The smallest absolute Gasteiger partial charge is 0.258 e. The summed E-state index contributed by atoms with van der Waals surface area (Å²) in [6.07, 6.45) is 0.931. The number of hydrogen-bond acceptors (Lipinski definition) is 5. The Morgan fingerprint density at radius 2 is 2.00 bits per heavy atom. The van der Waals surface area contributed by atoms with Gasteiger partial charge in [0, 0.05) is 17.8 Å². The Hall–Kier alpha value is -3.26. The van der Waals surface area contributed by atoms with Gasteiger partial charge in [-0.3, -0.25) is 0 Å². The van der Waals surface area contributed by atoms with Gasteiger partial charge < -0.3 is 19.5 Å². The first-order chi connectivity index (χ1) is 15.0. The van der Waals surface area contributed by atoms with E-state index in [9.17, 15) is 4.39 Å². The molecule has 0 amide bonds. The molecule has 2 heterocycles. The zero-order valence-electron chi connectivity index (χ0n) is 17.6. The number of nitrogens with one attached hydrogen (secondary N) is 1. The third kappa shape index (κ3) is 4.16. The van der Waals surface area contributed by atoms with Crippen LogP contribution in [0, 0.1) is 5.82 Å². The summed E-state index contributed by atoms with van der Waals surface area (Å²) in [7, 11) is 1.63. The average Bonchev–Trinajstić information content (AvgIpc) is 3.26. The van der Waals surface area contributed by atoms with Gasteiger partial charge in [0.25, 0.3) is 5.89 Å². The van der Waals surface area contributed by atoms with Crippen molar-refractivity contribution in [3.8, 4) is 17.1 Å². The van der Waals surface area contributed by atoms with Crippen LogP contribution in [-0.4, -0.2) is 33.8 Å². The fourth-order valence-electron chi connectivity index (χ4n) is 3.67. The lowest BCUT2D eigenvalue weighted by molar-refractivity contribution is 0.396. The van der Waals surface area contributed by atoms with Crippen molar-refractivity contribution in [3.63, 3.8) is 0 Å². The molecule has 1 N–H and O–H groups in total. The lowest BCUT2D eigenvalue weighted by atomic mass is 9.94. The highest BCUT2D eigenvalue weighted by Crippen LogP contribution is 2.38. The second-order valence-electron chi connectivity index (χ2n) is 7.24. The minimum absolute atomic E-state index is 0.280. The SMILES string of the molecule is CCCN1C(=S)NC(c2cccc(OC)c2)C(c2nc(-c3ccc(F)cc3)no2)=C1C. The van der Waals surface area contributed by atoms with E-state index in [-0.39, 0.29) is 11.9 Å². The summed E-state index contributed by atoms with van der Waals surface area (Å²) < 4.78 is 24.4. The van der Waals surface area contributed by atoms with Crippen LogP contribution in [0.5, 0.6) is 5.75 Å². The first-order valence-electron chi connectivity index (χ1n) is 10.0. The number of allylic oxidation sites excluding steroid dienone is 1. The van der Waals surface area contributed by atoms with E-state index in [1.807, 2.05) is 36.1 Å². The van der Waals surface area contributed by atoms with Crippen LogP contribution in [0.2, 0.25) is 0 Å². The first kappa shape index (κ1) is 21.0. The molecule has 0 fully saturated rings. The van der Waals surface area contributed by atoms with Crippen LogP contribution in [-0.2, 0) is 0 Å². The molecule has 0 saturated heterocycles. The molecule has 1 aliphatic rings. The predicted molar refractivity (Wildman–Crippen MR) is 121 cm³/mol. The van der Waals surface area contributed by atoms with Crippen molar-refractivity contribution in [3.05, 3.63) is 71.5 Å². The largest absolute Gasteiger partial charge is 0.497 e. The Morgan fingerprint density at radius 1 is 1.23 bits per heavy atom. The summed E-state index contributed by atoms with van der Waals surface area (Å²) in [5.41, 5.74) is 3.44. The lowest BCUT2D eigenvalue weighted by Crippen LogP contribution is -2.46. The molecule has 8 heteroatoms. The zero-order valence-corrected chi connectivity index (χ0v) is 18.4. The van der Waals surface area contributed by atoms with Crippen molar-refractivity contribution in [2.45, 2.75) is 26.3 Å². The molecule has 2 aromatic carbocycles. The van der Waals surface area contributed by atoms with Crippen molar-refractivity contribution in [1.82, 2.24) is 20.4 Å². The predicted octanol–water partition coefficient (Wildman–Crippen LogP) is 4.96. The van der Waals surface area contributed by atoms with E-state index >= 15 is 0 Å². The minimum Gasteiger partial charge on any atom is -0.497 e. The van der Waals surface area contributed by atoms with Crippen LogP contribution in [0.4, 0.5) is 4.39 Å². The molecule has 0 bridgehead atoms. The molecule has 1 aromatic heterocycles. The summed E-state index contributed by atoms with van der Waals surface area (Å²) in [6, 6.07) is 13.5. The highest BCUT2D eigenvalue weighted by atomic mass is 32.1. The average molecular weight is 439 g/mol. The summed E-state index contributed by atoms with van der Waals surface area (Å²) in [5, 5.41) is 8.20. The van der Waals surface area contributed by atoms with E-state index in [0.717, 1.165) is 35.5 Å². The summed E-state index contributed by atoms with van der Waals surface area (Å²) in [4.78, 5) is 6.67. The van der Waals surface area contributed by atoms with Crippen molar-refractivity contribution in [2.24, 2.45) is 0 Å². The Bertz CT molecular complexity index is 1130. The third-order valence-electron chi connectivity index (χ3n) is 5.23. The van der Waals surface area contributed by atoms with Crippen molar-refractivity contribution in [1.29, 1.82) is 0 Å². The lowest BCUT2D eigenvalue weighted by Gasteiger charge is -2.37. The van der Waals surface area contributed by atoms with Crippen LogP contribution in [0.3, 0.4) is 0 Å². The maximum absolute atomic E-state index is 13.3. The minimum atomic E-state index is -0.315. The molecule has 6 nitrogen and oxygen atoms in total. The number of nitrogens with zero attached hydrogens (tertiary/aromatic N) is 3. The molecule has 0 aliphatic carbocycles. The van der Waals surface area contributed by atoms with E-state index < -0.39 is 0 Å². The molecule has 0 saturated carbocycles. The van der Waals surface area contributed by atoms with Gasteiger partial charge >= 0.3 is 0 Å². The molecule has 3 aromatic rings. The quantitative estimate of drug-likeness (QED) is 0.546. The zero-order chi connectivity index (χ0) is 22.0. The molecule has 4 rings (SSSR count). The molecule has 1 aliphatic heterocycles. The third-order valence-corrected chi connectivity index (χ3v) is 5.57. The number of halogens is 1. The Morgan fingerprint density at radius 3 is 2.71 bits per heavy atom. The van der Waals surface area contributed by atoms with Crippen LogP contribution < -0.4 is 10.1 Å². The topological polar surface area (TPSA) is 63.4 Å². The van der Waals surface area contributed by atoms with Crippen molar-refractivity contribution in [2.75, 3.05) is 13.7 Å². The van der Waals surface area contributed by atoms with Gasteiger partial charge in [0.1, 0.15) is 11.6 Å². The van der Waals surface area contributed by atoms with Gasteiger partial charge in [-0.15, -0.1) is 0 Å². The highest BCUT2D eigenvalue weighted by molar-refractivity contribution is 7.80. The monoisotopic (exact) mass is 438 g/mol. The Balaban J connectivity index is 1.81. The van der Waals surface area contributed by atoms with E-state index in [0.29, 0.717) is 22.4 Å². The van der Waals surface area contributed by atoms with Crippen molar-refractivity contribution >= 4 is 22.9 Å². The van der Waals surface area contributed by atoms with Gasteiger partial charge in [0.15, 0.2) is 5.11 Å². The summed E-state index contributed by atoms with van der Waals surface area (Å²) in [6.45, 7) is 4.88. The second-order valence-corrected chi connectivity index (χ2v) is 7.63. The highest BCUT2D eigenvalue weighted by Gasteiger charge is 2.34. The van der Waals surface area contributed by atoms with Crippen LogP contribution in [0.15, 0.2) is 58.8 Å². The van der Waals surface area contributed by atoms with E-state index in [1.165, 1.54) is 12.1 Å². The molecule has 1 unspecified atom stereocenters. The van der Waals surface area contributed by atoms with Gasteiger partial charge in [-0.2, -0.15) is 4.98 Å². The molecule has 0 spiro atoms. The number of rotatable bonds is 6. The standard InChI is InChI=1S/C23H23FN4O2S/c1-4-12-28-14(2)19(20(25-23(28)31)16-6-5-7-18(13-16)29-3)22-26-21(27-30-22)15-8-10-17(24)11-9-15/h5-11,13,20H,4,12H2,1-3H3,(H,25,31). The second kappa shape index (κ2) is 8.85. The maximum Gasteiger partial charge on any atom is 0.258 e. The summed E-state index contributed by atoms with van der Waals surface area (Å²) in [5.74, 6) is 1.22. The van der Waals surface area contributed by atoms with E-state index in [1.54, 1.807) is 19.2 Å². The van der Waals surface area contributed by atoms with E-state index in [2.05, 4.69) is 22.4 Å². The number of benzene rings is 2. The van der Waals surface area contributed by atoms with Gasteiger partial charge in [-0.25, -0.2) is 4.39 Å². The fraction of sp³-hybridized carbons (Fsp3) is 0.261. The molecule has 0 radical (unpaired) electrons. The van der Waals surface area contributed by atoms with Gasteiger partial charge in [-0.05, 0) is 67.5 Å². The van der Waals surface area contributed by atoms with Gasteiger partial charge in [0.05, 0.1) is 18.7 Å². The van der Waals surface area contributed by atoms with Crippen LogP contribution in [0.1, 0.15) is 37.8 Å². The normalized spacial score (nSPS) is 16.5.